The van der Waals surface area contributed by atoms with Crippen LogP contribution in [0.1, 0.15) is 23.1 Å². The molecule has 5 rings (SSSR count). The van der Waals surface area contributed by atoms with Crippen LogP contribution in [0.3, 0.4) is 0 Å². The number of rotatable bonds is 4. The van der Waals surface area contributed by atoms with Gasteiger partial charge in [0.25, 0.3) is 6.02 Å². The lowest BCUT2D eigenvalue weighted by Crippen LogP contribution is -2.32. The first-order valence-corrected chi connectivity index (χ1v) is 9.17. The Kier molecular flexibility index (Phi) is 4.19. The Labute approximate surface area is 166 Å². The number of aromatic nitrogens is 2. The topological polar surface area (TPSA) is 103 Å². The minimum Gasteiger partial charge on any atom is -0.496 e. The molecule has 29 heavy (non-hydrogen) atoms. The molecule has 1 atom stereocenters. The van der Waals surface area contributed by atoms with E-state index in [0.29, 0.717) is 31.1 Å². The van der Waals surface area contributed by atoms with Crippen molar-refractivity contribution < 1.29 is 18.6 Å². The van der Waals surface area contributed by atoms with Crippen molar-refractivity contribution in [3.63, 3.8) is 0 Å². The third kappa shape index (κ3) is 3.31. The fraction of sp³-hybridized carbons (Fsp3) is 0.250. The minimum absolute atomic E-state index is 0.0943. The summed E-state index contributed by atoms with van der Waals surface area (Å²) in [7, 11) is 1.65. The zero-order chi connectivity index (χ0) is 19.8. The van der Waals surface area contributed by atoms with Gasteiger partial charge in [0.05, 0.1) is 24.4 Å². The Hall–Kier alpha value is -3.75. The van der Waals surface area contributed by atoms with E-state index in [1.807, 2.05) is 36.4 Å². The zero-order valence-electron chi connectivity index (χ0n) is 15.9. The van der Waals surface area contributed by atoms with Crippen LogP contribution in [0.2, 0.25) is 0 Å². The predicted octanol–water partition coefficient (Wildman–Crippen LogP) is 3.37. The molecule has 0 radical (unpaired) electrons. The maximum Gasteiger partial charge on any atom is 0.320 e. The van der Waals surface area contributed by atoms with E-state index in [-0.39, 0.29) is 6.04 Å². The summed E-state index contributed by atoms with van der Waals surface area (Å²) in [6, 6.07) is 12.2. The van der Waals surface area contributed by atoms with E-state index in [9.17, 15) is 0 Å². The number of hydrogen-bond donors (Lipinski definition) is 2. The van der Waals surface area contributed by atoms with Crippen LogP contribution in [0, 0.1) is 6.92 Å². The number of nitrogens with one attached hydrogen (secondary N) is 2. The molecule has 0 bridgehead atoms. The van der Waals surface area contributed by atoms with E-state index in [0.717, 1.165) is 34.0 Å². The maximum atomic E-state index is 5.83. The van der Waals surface area contributed by atoms with E-state index >= 15 is 0 Å². The summed E-state index contributed by atoms with van der Waals surface area (Å²) in [6.07, 6.45) is 0. The van der Waals surface area contributed by atoms with Gasteiger partial charge in [0.2, 0.25) is 5.89 Å². The first-order chi connectivity index (χ1) is 14.2. The minimum atomic E-state index is -0.0943. The highest BCUT2D eigenvalue weighted by Gasteiger charge is 2.30. The number of anilines is 2. The average molecular weight is 393 g/mol. The molecule has 0 aliphatic carbocycles. The largest absolute Gasteiger partial charge is 0.496 e. The first-order valence-electron chi connectivity index (χ1n) is 9.17. The Morgan fingerprint density at radius 1 is 1.14 bits per heavy atom. The fourth-order valence-corrected chi connectivity index (χ4v) is 3.41. The van der Waals surface area contributed by atoms with Crippen molar-refractivity contribution in [2.24, 2.45) is 4.99 Å². The van der Waals surface area contributed by atoms with E-state index < -0.39 is 0 Å². The molecule has 0 spiro atoms. The van der Waals surface area contributed by atoms with Crippen molar-refractivity contribution in [1.29, 1.82) is 0 Å². The molecule has 2 N–H and O–H groups in total. The second-order valence-corrected chi connectivity index (χ2v) is 6.68. The highest BCUT2D eigenvalue weighted by molar-refractivity contribution is 5.81. The summed E-state index contributed by atoms with van der Waals surface area (Å²) >= 11 is 0. The van der Waals surface area contributed by atoms with Gasteiger partial charge in [-0.25, -0.2) is 0 Å². The molecule has 0 saturated heterocycles. The number of hydrogen-bond acceptors (Lipinski definition) is 9. The number of methoxy groups -OCH3 is 1. The van der Waals surface area contributed by atoms with Crippen LogP contribution in [0.15, 0.2) is 45.8 Å². The summed E-state index contributed by atoms with van der Waals surface area (Å²) in [5.74, 6) is 2.09. The molecule has 0 saturated carbocycles. The lowest BCUT2D eigenvalue weighted by atomic mass is 10.1. The average Bonchev–Trinajstić information content (AvgIpc) is 3.34. The predicted molar refractivity (Wildman–Crippen MR) is 105 cm³/mol. The monoisotopic (exact) mass is 393 g/mol. The summed E-state index contributed by atoms with van der Waals surface area (Å²) in [5, 5.41) is 14.1. The first kappa shape index (κ1) is 17.4. The van der Waals surface area contributed by atoms with Crippen LogP contribution in [0.4, 0.5) is 17.4 Å². The van der Waals surface area contributed by atoms with E-state index in [1.54, 1.807) is 14.0 Å². The van der Waals surface area contributed by atoms with Crippen LogP contribution >= 0.6 is 0 Å². The number of nitrogens with zero attached hydrogens (tertiary/aromatic N) is 3. The van der Waals surface area contributed by atoms with Crippen molar-refractivity contribution in [2.75, 3.05) is 19.0 Å². The number of amidine groups is 1. The third-order valence-corrected chi connectivity index (χ3v) is 4.74. The Morgan fingerprint density at radius 3 is 2.90 bits per heavy atom. The highest BCUT2D eigenvalue weighted by atomic mass is 16.5. The molecule has 148 valence electrons. The molecular formula is C20H19N5O4. The molecule has 9 heteroatoms. The van der Waals surface area contributed by atoms with Gasteiger partial charge >= 0.3 is 6.01 Å². The Morgan fingerprint density at radius 2 is 2.07 bits per heavy atom. The molecule has 1 aromatic heterocycles. The second-order valence-electron chi connectivity index (χ2n) is 6.68. The van der Waals surface area contributed by atoms with Crippen LogP contribution in [-0.2, 0) is 11.3 Å². The van der Waals surface area contributed by atoms with E-state index in [4.69, 9.17) is 18.6 Å². The molecule has 1 unspecified atom stereocenters. The molecule has 0 fully saturated rings. The number of aliphatic imine (C=N–C) groups is 1. The highest BCUT2D eigenvalue weighted by Crippen LogP contribution is 2.39. The molecule has 2 aliphatic heterocycles. The van der Waals surface area contributed by atoms with Gasteiger partial charge in [-0.3, -0.25) is 0 Å². The normalized spacial score (nSPS) is 16.8. The van der Waals surface area contributed by atoms with E-state index in [2.05, 4.69) is 25.8 Å². The molecule has 2 aliphatic rings. The van der Waals surface area contributed by atoms with Crippen LogP contribution in [0.5, 0.6) is 11.5 Å². The van der Waals surface area contributed by atoms with Gasteiger partial charge in [-0.2, -0.15) is 4.99 Å². The summed E-state index contributed by atoms with van der Waals surface area (Å²) in [4.78, 5) is 4.60. The van der Waals surface area contributed by atoms with Crippen LogP contribution < -0.4 is 20.1 Å². The van der Waals surface area contributed by atoms with Gasteiger partial charge in [-0.05, 0) is 30.3 Å². The molecule has 9 nitrogen and oxygen atoms in total. The van der Waals surface area contributed by atoms with Crippen LogP contribution in [-0.4, -0.2) is 29.9 Å². The molecule has 0 amide bonds. The third-order valence-electron chi connectivity index (χ3n) is 4.74. The summed E-state index contributed by atoms with van der Waals surface area (Å²) < 4.78 is 22.4. The van der Waals surface area contributed by atoms with Gasteiger partial charge in [0, 0.05) is 18.2 Å². The van der Waals surface area contributed by atoms with Gasteiger partial charge in [0.15, 0.2) is 0 Å². The molecule has 3 heterocycles. The van der Waals surface area contributed by atoms with Crippen molar-refractivity contribution >= 4 is 23.4 Å². The molecule has 2 aromatic carbocycles. The quantitative estimate of drug-likeness (QED) is 0.695. The SMILES string of the molecule is COc1cccc2c1C(NC1=Nc3ccc(Nc4nnc(C)o4)cc3CO1)CO2. The second kappa shape index (κ2) is 7.01. The maximum absolute atomic E-state index is 5.83. The lowest BCUT2D eigenvalue weighted by molar-refractivity contribution is 0.256. The van der Waals surface area contributed by atoms with Crippen molar-refractivity contribution in [1.82, 2.24) is 15.5 Å². The van der Waals surface area contributed by atoms with Crippen molar-refractivity contribution in [3.05, 3.63) is 53.4 Å². The van der Waals surface area contributed by atoms with E-state index in [1.165, 1.54) is 0 Å². The Bertz CT molecular complexity index is 1090. The smallest absolute Gasteiger partial charge is 0.320 e. The van der Waals surface area contributed by atoms with Gasteiger partial charge < -0.3 is 29.3 Å². The van der Waals surface area contributed by atoms with Gasteiger partial charge in [-0.1, -0.05) is 11.2 Å². The van der Waals surface area contributed by atoms with Crippen molar-refractivity contribution in [2.45, 2.75) is 19.6 Å². The zero-order valence-corrected chi connectivity index (χ0v) is 15.9. The number of benzene rings is 2. The Balaban J connectivity index is 1.34. The van der Waals surface area contributed by atoms with Gasteiger partial charge in [0.1, 0.15) is 24.7 Å². The number of aryl methyl sites for hydroxylation is 1. The number of ether oxygens (including phenoxy) is 3. The number of fused-ring (bicyclic) bond motifs is 2. The summed E-state index contributed by atoms with van der Waals surface area (Å²) in [6.45, 7) is 2.62. The van der Waals surface area contributed by atoms with Crippen molar-refractivity contribution in [3.8, 4) is 11.5 Å². The molecular weight excluding hydrogens is 374 g/mol. The lowest BCUT2D eigenvalue weighted by Gasteiger charge is -2.21. The summed E-state index contributed by atoms with van der Waals surface area (Å²) in [5.41, 5.74) is 3.59. The molecule has 3 aromatic rings. The van der Waals surface area contributed by atoms with Crippen LogP contribution in [0.25, 0.3) is 0 Å². The standard InChI is InChI=1S/C20H19N5O4/c1-11-24-25-20(29-11)21-13-6-7-14-12(8-13)9-28-19(22-14)23-15-10-27-17-5-3-4-16(26-2)18(15)17/h3-8,15H,9-10H2,1-2H3,(H,21,25)(H,22,23). The fourth-order valence-electron chi connectivity index (χ4n) is 3.41. The van der Waals surface area contributed by atoms with Gasteiger partial charge in [-0.15, -0.1) is 5.10 Å².